The Morgan fingerprint density at radius 3 is 2.55 bits per heavy atom. The van der Waals surface area contributed by atoms with Gasteiger partial charge in [0.25, 0.3) is 11.8 Å². The van der Waals surface area contributed by atoms with Crippen LogP contribution in [-0.2, 0) is 6.54 Å². The summed E-state index contributed by atoms with van der Waals surface area (Å²) >= 11 is 0. The van der Waals surface area contributed by atoms with Crippen molar-refractivity contribution in [3.8, 4) is 0 Å². The van der Waals surface area contributed by atoms with Crippen molar-refractivity contribution in [1.82, 2.24) is 20.6 Å². The van der Waals surface area contributed by atoms with Gasteiger partial charge in [-0.15, -0.1) is 0 Å². The molecule has 0 bridgehead atoms. The molecular formula is C16H18N4O2. The molecule has 0 fully saturated rings. The molecule has 2 amide bonds. The van der Waals surface area contributed by atoms with E-state index >= 15 is 0 Å². The van der Waals surface area contributed by atoms with Gasteiger partial charge in [0, 0.05) is 37.2 Å². The summed E-state index contributed by atoms with van der Waals surface area (Å²) in [6.07, 6.45) is 5.65. The van der Waals surface area contributed by atoms with Crippen LogP contribution in [0.1, 0.15) is 39.8 Å². The summed E-state index contributed by atoms with van der Waals surface area (Å²) in [4.78, 5) is 31.9. The van der Waals surface area contributed by atoms with Crippen molar-refractivity contribution in [3.05, 3.63) is 59.7 Å². The second-order valence-corrected chi connectivity index (χ2v) is 4.72. The number of carbonyl (C=O) groups is 2. The van der Waals surface area contributed by atoms with Crippen LogP contribution in [0.2, 0.25) is 0 Å². The lowest BCUT2D eigenvalue weighted by Gasteiger charge is -2.07. The van der Waals surface area contributed by atoms with Crippen LogP contribution < -0.4 is 10.6 Å². The highest BCUT2D eigenvalue weighted by Crippen LogP contribution is 2.03. The van der Waals surface area contributed by atoms with Crippen molar-refractivity contribution in [2.75, 3.05) is 6.54 Å². The topological polar surface area (TPSA) is 84.0 Å². The molecule has 0 aromatic carbocycles. The van der Waals surface area contributed by atoms with E-state index in [1.54, 1.807) is 18.5 Å². The maximum Gasteiger partial charge on any atom is 0.269 e. The van der Waals surface area contributed by atoms with E-state index in [1.807, 2.05) is 19.1 Å². The zero-order valence-electron chi connectivity index (χ0n) is 12.4. The number of carbonyl (C=O) groups excluding carboxylic acids is 2. The van der Waals surface area contributed by atoms with E-state index in [-0.39, 0.29) is 17.5 Å². The Morgan fingerprint density at radius 1 is 1.05 bits per heavy atom. The van der Waals surface area contributed by atoms with Gasteiger partial charge < -0.3 is 10.6 Å². The molecule has 6 nitrogen and oxygen atoms in total. The van der Waals surface area contributed by atoms with Gasteiger partial charge in [0.2, 0.25) is 0 Å². The lowest BCUT2D eigenvalue weighted by Crippen LogP contribution is -2.26. The first-order valence-electron chi connectivity index (χ1n) is 7.12. The third-order valence-corrected chi connectivity index (χ3v) is 2.99. The minimum atomic E-state index is -0.273. The quantitative estimate of drug-likeness (QED) is 0.847. The number of hydrogen-bond donors (Lipinski definition) is 2. The smallest absolute Gasteiger partial charge is 0.269 e. The molecule has 0 spiro atoms. The lowest BCUT2D eigenvalue weighted by atomic mass is 10.2. The van der Waals surface area contributed by atoms with Crippen LogP contribution in [0.5, 0.6) is 0 Å². The standard InChI is InChI=1S/C16H18N4O2/c1-2-6-19-16(22)14-10-13(5-9-18-14)15(21)20-11-12-3-7-17-8-4-12/h3-5,7-10H,2,6,11H2,1H3,(H,19,22)(H,20,21). The lowest BCUT2D eigenvalue weighted by molar-refractivity contribution is 0.0948. The molecule has 0 aliphatic rings. The van der Waals surface area contributed by atoms with E-state index in [1.165, 1.54) is 12.3 Å². The molecule has 6 heteroatoms. The normalized spacial score (nSPS) is 10.0. The Hall–Kier alpha value is -2.76. The van der Waals surface area contributed by atoms with Crippen molar-refractivity contribution in [1.29, 1.82) is 0 Å². The third kappa shape index (κ3) is 4.37. The summed E-state index contributed by atoms with van der Waals surface area (Å²) < 4.78 is 0. The van der Waals surface area contributed by atoms with E-state index < -0.39 is 0 Å². The molecule has 22 heavy (non-hydrogen) atoms. The van der Waals surface area contributed by atoms with Gasteiger partial charge in [-0.25, -0.2) is 0 Å². The number of amides is 2. The van der Waals surface area contributed by atoms with E-state index in [0.717, 1.165) is 12.0 Å². The SMILES string of the molecule is CCCNC(=O)c1cc(C(=O)NCc2ccncc2)ccn1. The molecule has 0 aliphatic heterocycles. The van der Waals surface area contributed by atoms with Crippen LogP contribution in [0.4, 0.5) is 0 Å². The average Bonchev–Trinajstić information content (AvgIpc) is 2.58. The molecule has 2 aromatic rings. The summed E-state index contributed by atoms with van der Waals surface area (Å²) in [5, 5.41) is 5.53. The van der Waals surface area contributed by atoms with Crippen molar-refractivity contribution in [3.63, 3.8) is 0 Å². The van der Waals surface area contributed by atoms with E-state index in [2.05, 4.69) is 20.6 Å². The van der Waals surface area contributed by atoms with Crippen molar-refractivity contribution >= 4 is 11.8 Å². The highest BCUT2D eigenvalue weighted by atomic mass is 16.2. The van der Waals surface area contributed by atoms with Gasteiger partial charge >= 0.3 is 0 Å². The summed E-state index contributed by atoms with van der Waals surface area (Å²) in [6.45, 7) is 2.96. The summed E-state index contributed by atoms with van der Waals surface area (Å²) in [5.74, 6) is -0.519. The first-order valence-corrected chi connectivity index (χ1v) is 7.12. The second kappa shape index (κ2) is 7.87. The van der Waals surface area contributed by atoms with E-state index in [0.29, 0.717) is 18.7 Å². The Labute approximate surface area is 129 Å². The van der Waals surface area contributed by atoms with Crippen molar-refractivity contribution < 1.29 is 9.59 Å². The van der Waals surface area contributed by atoms with Gasteiger partial charge in [-0.2, -0.15) is 0 Å². The van der Waals surface area contributed by atoms with Crippen LogP contribution in [0.3, 0.4) is 0 Å². The monoisotopic (exact) mass is 298 g/mol. The van der Waals surface area contributed by atoms with E-state index in [9.17, 15) is 9.59 Å². The first kappa shape index (κ1) is 15.6. The fourth-order valence-electron chi connectivity index (χ4n) is 1.81. The molecule has 2 rings (SSSR count). The summed E-state index contributed by atoms with van der Waals surface area (Å²) in [7, 11) is 0. The van der Waals surface area contributed by atoms with Crippen molar-refractivity contribution in [2.24, 2.45) is 0 Å². The van der Waals surface area contributed by atoms with Crippen LogP contribution in [0, 0.1) is 0 Å². The predicted molar refractivity (Wildman–Crippen MR) is 82.3 cm³/mol. The molecule has 0 unspecified atom stereocenters. The Balaban J connectivity index is 1.99. The Morgan fingerprint density at radius 2 is 1.82 bits per heavy atom. The van der Waals surface area contributed by atoms with Gasteiger partial charge in [-0.05, 0) is 36.2 Å². The molecule has 2 N–H and O–H groups in total. The number of rotatable bonds is 6. The molecule has 0 radical (unpaired) electrons. The fraction of sp³-hybridized carbons (Fsp3) is 0.250. The maximum absolute atomic E-state index is 12.1. The zero-order chi connectivity index (χ0) is 15.8. The molecule has 0 saturated heterocycles. The largest absolute Gasteiger partial charge is 0.351 e. The van der Waals surface area contributed by atoms with E-state index in [4.69, 9.17) is 0 Å². The first-order chi connectivity index (χ1) is 10.7. The highest BCUT2D eigenvalue weighted by molar-refractivity contribution is 5.98. The Bertz CT molecular complexity index is 644. The molecule has 0 atom stereocenters. The Kier molecular flexibility index (Phi) is 5.59. The molecule has 0 saturated carbocycles. The van der Waals surface area contributed by atoms with Gasteiger partial charge in [0.15, 0.2) is 0 Å². The van der Waals surface area contributed by atoms with Gasteiger partial charge in [-0.1, -0.05) is 6.92 Å². The minimum Gasteiger partial charge on any atom is -0.351 e. The fourth-order valence-corrected chi connectivity index (χ4v) is 1.81. The van der Waals surface area contributed by atoms with Gasteiger partial charge in [-0.3, -0.25) is 19.6 Å². The summed E-state index contributed by atoms with van der Waals surface area (Å²) in [5.41, 5.74) is 1.61. The molecule has 114 valence electrons. The van der Waals surface area contributed by atoms with Gasteiger partial charge in [0.1, 0.15) is 5.69 Å². The number of hydrogen-bond acceptors (Lipinski definition) is 4. The summed E-state index contributed by atoms with van der Waals surface area (Å²) in [6, 6.07) is 6.73. The number of nitrogens with one attached hydrogen (secondary N) is 2. The third-order valence-electron chi connectivity index (χ3n) is 2.99. The molecule has 0 aliphatic carbocycles. The maximum atomic E-state index is 12.1. The zero-order valence-corrected chi connectivity index (χ0v) is 12.4. The van der Waals surface area contributed by atoms with Crippen molar-refractivity contribution in [2.45, 2.75) is 19.9 Å². The molecular weight excluding hydrogens is 280 g/mol. The number of aromatic nitrogens is 2. The minimum absolute atomic E-state index is 0.241. The van der Waals surface area contributed by atoms with Crippen LogP contribution in [-0.4, -0.2) is 28.3 Å². The number of nitrogens with zero attached hydrogens (tertiary/aromatic N) is 2. The predicted octanol–water partition coefficient (Wildman–Crippen LogP) is 1.55. The molecule has 2 heterocycles. The van der Waals surface area contributed by atoms with Gasteiger partial charge in [0.05, 0.1) is 0 Å². The van der Waals surface area contributed by atoms with Crippen LogP contribution >= 0.6 is 0 Å². The second-order valence-electron chi connectivity index (χ2n) is 4.72. The average molecular weight is 298 g/mol. The number of pyridine rings is 2. The van der Waals surface area contributed by atoms with Crippen LogP contribution in [0.15, 0.2) is 42.9 Å². The highest BCUT2D eigenvalue weighted by Gasteiger charge is 2.11. The molecule has 2 aromatic heterocycles. The van der Waals surface area contributed by atoms with Crippen LogP contribution in [0.25, 0.3) is 0 Å².